The maximum Gasteiger partial charge on any atom is 0.224 e. The van der Waals surface area contributed by atoms with Crippen molar-refractivity contribution in [2.24, 2.45) is 11.3 Å². The van der Waals surface area contributed by atoms with Crippen molar-refractivity contribution >= 4 is 5.91 Å². The Balaban J connectivity index is 1.45. The SMILES string of the molecule is CC(C)(C)CN1CCC(N2CCC[C@@H](C(=O)NC3CC3)C2)CC1. The highest BCUT2D eigenvalue weighted by Gasteiger charge is 2.34. The highest BCUT2D eigenvalue weighted by molar-refractivity contribution is 5.79. The molecule has 23 heavy (non-hydrogen) atoms. The Hall–Kier alpha value is -0.610. The number of carbonyl (C=O) groups excluding carboxylic acids is 1. The highest BCUT2D eigenvalue weighted by Crippen LogP contribution is 2.27. The molecule has 2 saturated heterocycles. The molecule has 3 aliphatic rings. The van der Waals surface area contributed by atoms with Crippen LogP contribution in [0.3, 0.4) is 0 Å². The van der Waals surface area contributed by atoms with E-state index in [9.17, 15) is 4.79 Å². The smallest absolute Gasteiger partial charge is 0.224 e. The summed E-state index contributed by atoms with van der Waals surface area (Å²) >= 11 is 0. The van der Waals surface area contributed by atoms with Gasteiger partial charge in [0.05, 0.1) is 5.92 Å². The summed E-state index contributed by atoms with van der Waals surface area (Å²) in [6.07, 6.45) is 7.19. The Bertz CT molecular complexity index is 405. The van der Waals surface area contributed by atoms with E-state index in [1.165, 1.54) is 58.3 Å². The minimum absolute atomic E-state index is 0.233. The van der Waals surface area contributed by atoms with Crippen molar-refractivity contribution in [3.63, 3.8) is 0 Å². The molecule has 132 valence electrons. The van der Waals surface area contributed by atoms with Crippen LogP contribution in [0.1, 0.15) is 59.3 Å². The van der Waals surface area contributed by atoms with Crippen molar-refractivity contribution in [1.29, 1.82) is 0 Å². The second-order valence-corrected chi connectivity index (χ2v) is 9.18. The van der Waals surface area contributed by atoms with Crippen LogP contribution in [0.15, 0.2) is 0 Å². The molecule has 0 unspecified atom stereocenters. The van der Waals surface area contributed by atoms with Gasteiger partial charge in [-0.15, -0.1) is 0 Å². The van der Waals surface area contributed by atoms with Crippen LogP contribution in [-0.2, 0) is 4.79 Å². The molecule has 0 radical (unpaired) electrons. The maximum absolute atomic E-state index is 12.3. The Morgan fingerprint density at radius 1 is 1.04 bits per heavy atom. The lowest BCUT2D eigenvalue weighted by Crippen LogP contribution is -2.51. The molecule has 1 N–H and O–H groups in total. The normalized spacial score (nSPS) is 28.7. The molecule has 0 aromatic carbocycles. The highest BCUT2D eigenvalue weighted by atomic mass is 16.2. The summed E-state index contributed by atoms with van der Waals surface area (Å²) in [7, 11) is 0. The van der Waals surface area contributed by atoms with E-state index >= 15 is 0 Å². The fourth-order valence-corrected chi connectivity index (χ4v) is 4.21. The second-order valence-electron chi connectivity index (χ2n) is 9.18. The van der Waals surface area contributed by atoms with Gasteiger partial charge < -0.3 is 10.2 Å². The van der Waals surface area contributed by atoms with Gasteiger partial charge in [-0.1, -0.05) is 20.8 Å². The first-order chi connectivity index (χ1) is 10.9. The van der Waals surface area contributed by atoms with Gasteiger partial charge in [0.25, 0.3) is 0 Å². The van der Waals surface area contributed by atoms with Gasteiger partial charge >= 0.3 is 0 Å². The number of nitrogens with zero attached hydrogens (tertiary/aromatic N) is 2. The summed E-state index contributed by atoms with van der Waals surface area (Å²) in [5, 5.41) is 3.21. The average Bonchev–Trinajstić information content (AvgIpc) is 3.30. The van der Waals surface area contributed by atoms with Crippen molar-refractivity contribution in [2.45, 2.75) is 71.4 Å². The third-order valence-electron chi connectivity index (χ3n) is 5.52. The molecule has 2 aliphatic heterocycles. The Labute approximate surface area is 142 Å². The molecule has 0 aromatic rings. The molecular formula is C19H35N3O. The minimum atomic E-state index is 0.233. The number of likely N-dealkylation sites (tertiary alicyclic amines) is 2. The van der Waals surface area contributed by atoms with E-state index in [-0.39, 0.29) is 5.92 Å². The molecule has 0 aromatic heterocycles. The quantitative estimate of drug-likeness (QED) is 0.864. The topological polar surface area (TPSA) is 35.6 Å². The van der Waals surface area contributed by atoms with E-state index in [1.54, 1.807) is 0 Å². The molecule has 1 saturated carbocycles. The maximum atomic E-state index is 12.3. The molecular weight excluding hydrogens is 286 g/mol. The van der Waals surface area contributed by atoms with E-state index in [4.69, 9.17) is 0 Å². The van der Waals surface area contributed by atoms with Gasteiger partial charge in [-0.25, -0.2) is 0 Å². The fourth-order valence-electron chi connectivity index (χ4n) is 4.21. The van der Waals surface area contributed by atoms with Gasteiger partial charge in [-0.2, -0.15) is 0 Å². The van der Waals surface area contributed by atoms with Crippen LogP contribution >= 0.6 is 0 Å². The molecule has 4 heteroatoms. The molecule has 0 bridgehead atoms. The minimum Gasteiger partial charge on any atom is -0.353 e. The van der Waals surface area contributed by atoms with Gasteiger partial charge in [-0.3, -0.25) is 9.69 Å². The number of rotatable bonds is 4. The van der Waals surface area contributed by atoms with E-state index in [0.29, 0.717) is 23.4 Å². The molecule has 1 atom stereocenters. The predicted octanol–water partition coefficient (Wildman–Crippen LogP) is 2.49. The van der Waals surface area contributed by atoms with Crippen molar-refractivity contribution in [3.05, 3.63) is 0 Å². The Morgan fingerprint density at radius 2 is 1.74 bits per heavy atom. The second kappa shape index (κ2) is 7.10. The Kier molecular flexibility index (Phi) is 5.32. The van der Waals surface area contributed by atoms with Crippen LogP contribution in [-0.4, -0.2) is 60.5 Å². The first-order valence-electron chi connectivity index (χ1n) is 9.67. The first kappa shape index (κ1) is 17.2. The van der Waals surface area contributed by atoms with Crippen molar-refractivity contribution in [1.82, 2.24) is 15.1 Å². The van der Waals surface area contributed by atoms with Crippen LogP contribution in [0.4, 0.5) is 0 Å². The molecule has 1 amide bonds. The van der Waals surface area contributed by atoms with E-state index in [2.05, 4.69) is 35.9 Å². The number of hydrogen-bond donors (Lipinski definition) is 1. The Morgan fingerprint density at radius 3 is 2.35 bits per heavy atom. The third-order valence-corrected chi connectivity index (χ3v) is 5.52. The number of amides is 1. The van der Waals surface area contributed by atoms with Gasteiger partial charge in [0.1, 0.15) is 0 Å². The molecule has 4 nitrogen and oxygen atoms in total. The van der Waals surface area contributed by atoms with Gasteiger partial charge in [-0.05, 0) is 63.6 Å². The summed E-state index contributed by atoms with van der Waals surface area (Å²) in [6.45, 7) is 12.8. The number of piperidine rings is 2. The van der Waals surface area contributed by atoms with Crippen LogP contribution < -0.4 is 5.32 Å². The fraction of sp³-hybridized carbons (Fsp3) is 0.947. The molecule has 2 heterocycles. The zero-order valence-corrected chi connectivity index (χ0v) is 15.3. The summed E-state index contributed by atoms with van der Waals surface area (Å²) in [5.41, 5.74) is 0.393. The van der Waals surface area contributed by atoms with Gasteiger partial charge in [0.15, 0.2) is 0 Å². The molecule has 3 fully saturated rings. The molecule has 1 aliphatic carbocycles. The van der Waals surface area contributed by atoms with E-state index in [1.807, 2.05) is 0 Å². The molecule has 3 rings (SSSR count). The number of nitrogens with one attached hydrogen (secondary N) is 1. The summed E-state index contributed by atoms with van der Waals surface area (Å²) < 4.78 is 0. The largest absolute Gasteiger partial charge is 0.353 e. The summed E-state index contributed by atoms with van der Waals surface area (Å²) in [5.74, 6) is 0.555. The predicted molar refractivity (Wildman–Crippen MR) is 94.4 cm³/mol. The summed E-state index contributed by atoms with van der Waals surface area (Å²) in [6, 6.07) is 1.20. The zero-order valence-electron chi connectivity index (χ0n) is 15.3. The van der Waals surface area contributed by atoms with Gasteiger partial charge in [0, 0.05) is 25.2 Å². The zero-order chi connectivity index (χ0) is 16.4. The number of carbonyl (C=O) groups is 1. The van der Waals surface area contributed by atoms with Crippen LogP contribution in [0, 0.1) is 11.3 Å². The van der Waals surface area contributed by atoms with E-state index < -0.39 is 0 Å². The van der Waals surface area contributed by atoms with E-state index in [0.717, 1.165) is 13.0 Å². The van der Waals surface area contributed by atoms with Crippen molar-refractivity contribution in [2.75, 3.05) is 32.7 Å². The first-order valence-corrected chi connectivity index (χ1v) is 9.67. The molecule has 0 spiro atoms. The standard InChI is InChI=1S/C19H35N3O/c1-19(2,3)14-21-11-8-17(9-12-21)22-10-4-5-15(13-22)18(23)20-16-6-7-16/h15-17H,4-14H2,1-3H3,(H,20,23)/t15-/m1/s1. The van der Waals surface area contributed by atoms with Gasteiger partial charge in [0.2, 0.25) is 5.91 Å². The number of hydrogen-bond acceptors (Lipinski definition) is 3. The van der Waals surface area contributed by atoms with Crippen molar-refractivity contribution < 1.29 is 4.79 Å². The van der Waals surface area contributed by atoms with Crippen LogP contribution in [0.25, 0.3) is 0 Å². The van der Waals surface area contributed by atoms with Crippen LogP contribution in [0.5, 0.6) is 0 Å². The lowest BCUT2D eigenvalue weighted by atomic mass is 9.91. The van der Waals surface area contributed by atoms with Crippen molar-refractivity contribution in [3.8, 4) is 0 Å². The van der Waals surface area contributed by atoms with Crippen LogP contribution in [0.2, 0.25) is 0 Å². The third kappa shape index (κ3) is 5.18. The average molecular weight is 322 g/mol. The monoisotopic (exact) mass is 321 g/mol. The lowest BCUT2D eigenvalue weighted by molar-refractivity contribution is -0.127. The summed E-state index contributed by atoms with van der Waals surface area (Å²) in [4.78, 5) is 17.6. The lowest BCUT2D eigenvalue weighted by Gasteiger charge is -2.43.